The van der Waals surface area contributed by atoms with Crippen LogP contribution in [0.5, 0.6) is 5.75 Å². The number of benzene rings is 1. The Morgan fingerprint density at radius 3 is 2.73 bits per heavy atom. The number of ether oxygens (including phenoxy) is 1. The van der Waals surface area contributed by atoms with Crippen molar-refractivity contribution in [1.29, 1.82) is 0 Å². The largest absolute Gasteiger partial charge is 0.491 e. The van der Waals surface area contributed by atoms with Crippen molar-refractivity contribution in [2.75, 3.05) is 12.0 Å². The smallest absolute Gasteiger partial charge is 0.329 e. The van der Waals surface area contributed by atoms with Gasteiger partial charge >= 0.3 is 5.69 Å². The number of aromatic amines is 1. The molecule has 1 aromatic carbocycles. The first kappa shape index (κ1) is 18.0. The monoisotopic (exact) mass is 380 g/mol. The third kappa shape index (κ3) is 3.43. The lowest BCUT2D eigenvalue weighted by molar-refractivity contribution is 0.0938. The van der Waals surface area contributed by atoms with E-state index in [-0.39, 0.29) is 30.3 Å². The molecule has 0 saturated carbocycles. The first-order valence-corrected chi connectivity index (χ1v) is 8.01. The molecule has 0 aliphatic rings. The number of aliphatic hydroxyl groups is 1. The van der Waals surface area contributed by atoms with E-state index in [0.717, 1.165) is 0 Å². The number of fused-ring (bicyclic) bond motifs is 1. The summed E-state index contributed by atoms with van der Waals surface area (Å²) in [4.78, 5) is 30.2. The summed E-state index contributed by atoms with van der Waals surface area (Å²) < 4.78 is 8.07. The van der Waals surface area contributed by atoms with E-state index in [1.165, 1.54) is 16.2 Å². The number of halogens is 1. The number of hydrogen-bond donors (Lipinski definition) is 4. The third-order valence-corrected chi connectivity index (χ3v) is 4.04. The Labute approximate surface area is 151 Å². The number of aliphatic hydroxyl groups excluding tert-OH is 1. The number of imidazole rings is 1. The van der Waals surface area contributed by atoms with Crippen LogP contribution >= 0.6 is 11.6 Å². The first-order chi connectivity index (χ1) is 12.4. The molecule has 0 spiro atoms. The minimum atomic E-state index is -0.966. The van der Waals surface area contributed by atoms with E-state index in [1.54, 1.807) is 24.3 Å². The second kappa shape index (κ2) is 7.20. The van der Waals surface area contributed by atoms with Gasteiger partial charge < -0.3 is 14.4 Å². The number of anilines is 1. The minimum absolute atomic E-state index is 0.0229. The van der Waals surface area contributed by atoms with Gasteiger partial charge in [-0.25, -0.2) is 10.6 Å². The van der Waals surface area contributed by atoms with Crippen LogP contribution in [-0.2, 0) is 13.6 Å². The lowest BCUT2D eigenvalue weighted by Crippen LogP contribution is -2.31. The fraction of sp³-hybridized carbons (Fsp3) is 0.267. The van der Waals surface area contributed by atoms with Crippen molar-refractivity contribution >= 4 is 28.7 Å². The van der Waals surface area contributed by atoms with Crippen LogP contribution in [-0.4, -0.2) is 36.9 Å². The number of nitrogen functional groups attached to an aromatic ring is 1. The number of H-pyrrole nitrogens is 1. The van der Waals surface area contributed by atoms with E-state index in [9.17, 15) is 14.7 Å². The normalized spacial score (nSPS) is 12.3. The molecular formula is C15H17ClN6O4. The van der Waals surface area contributed by atoms with E-state index in [1.807, 2.05) is 0 Å². The van der Waals surface area contributed by atoms with Crippen molar-refractivity contribution in [1.82, 2.24) is 19.1 Å². The van der Waals surface area contributed by atoms with Crippen LogP contribution < -0.4 is 27.3 Å². The maximum Gasteiger partial charge on any atom is 0.329 e. The second-order valence-corrected chi connectivity index (χ2v) is 6.04. The molecule has 0 bridgehead atoms. The van der Waals surface area contributed by atoms with Crippen molar-refractivity contribution in [3.8, 4) is 5.75 Å². The van der Waals surface area contributed by atoms with Crippen molar-refractivity contribution < 1.29 is 9.84 Å². The number of aromatic nitrogens is 4. The molecule has 1 atom stereocenters. The predicted molar refractivity (Wildman–Crippen MR) is 96.4 cm³/mol. The molecule has 0 aliphatic carbocycles. The van der Waals surface area contributed by atoms with Crippen LogP contribution in [0.25, 0.3) is 11.2 Å². The van der Waals surface area contributed by atoms with Crippen LogP contribution in [0.3, 0.4) is 0 Å². The molecule has 0 amide bonds. The van der Waals surface area contributed by atoms with Gasteiger partial charge in [0.1, 0.15) is 18.5 Å². The van der Waals surface area contributed by atoms with Crippen LogP contribution in [0.2, 0.25) is 5.02 Å². The standard InChI is InChI=1S/C15H17ClN6O4/c1-21-12-11(13(24)19-15(21)25)22(14(18-12)20-17)6-9(23)7-26-10-4-2-8(16)3-5-10/h2-5,9,23H,6-7,17H2,1H3,(H,18,20)(H,19,24,25). The average molecular weight is 381 g/mol. The molecule has 5 N–H and O–H groups in total. The molecule has 138 valence electrons. The van der Waals surface area contributed by atoms with Crippen LogP contribution in [0.4, 0.5) is 5.95 Å². The maximum absolute atomic E-state index is 12.2. The zero-order valence-corrected chi connectivity index (χ0v) is 14.5. The molecule has 1 unspecified atom stereocenters. The Kier molecular flexibility index (Phi) is 4.98. The van der Waals surface area contributed by atoms with E-state index in [2.05, 4.69) is 15.4 Å². The number of nitrogens with one attached hydrogen (secondary N) is 2. The Bertz CT molecular complexity index is 1040. The highest BCUT2D eigenvalue weighted by atomic mass is 35.5. The quantitative estimate of drug-likeness (QED) is 0.343. The fourth-order valence-corrected chi connectivity index (χ4v) is 2.64. The number of aryl methyl sites for hydroxylation is 1. The highest BCUT2D eigenvalue weighted by Crippen LogP contribution is 2.17. The summed E-state index contributed by atoms with van der Waals surface area (Å²) in [6, 6.07) is 6.69. The summed E-state index contributed by atoms with van der Waals surface area (Å²) in [6.07, 6.45) is -0.966. The third-order valence-electron chi connectivity index (χ3n) is 3.79. The second-order valence-electron chi connectivity index (χ2n) is 5.60. The molecule has 3 rings (SSSR count). The van der Waals surface area contributed by atoms with Crippen molar-refractivity contribution in [3.63, 3.8) is 0 Å². The SMILES string of the molecule is Cn1c(=O)[nH]c(=O)c2c1nc(NN)n2CC(O)COc1ccc(Cl)cc1. The van der Waals surface area contributed by atoms with Crippen LogP contribution in [0.1, 0.15) is 0 Å². The zero-order valence-electron chi connectivity index (χ0n) is 13.8. The number of hydrogen-bond acceptors (Lipinski definition) is 7. The summed E-state index contributed by atoms with van der Waals surface area (Å²) >= 11 is 5.81. The summed E-state index contributed by atoms with van der Waals surface area (Å²) in [5, 5.41) is 10.9. The first-order valence-electron chi connectivity index (χ1n) is 7.63. The van der Waals surface area contributed by atoms with Gasteiger partial charge in [0.25, 0.3) is 5.56 Å². The van der Waals surface area contributed by atoms with E-state index in [4.69, 9.17) is 22.2 Å². The van der Waals surface area contributed by atoms with Gasteiger partial charge in [0.15, 0.2) is 11.2 Å². The predicted octanol–water partition coefficient (Wildman–Crippen LogP) is -0.198. The van der Waals surface area contributed by atoms with E-state index >= 15 is 0 Å². The van der Waals surface area contributed by atoms with Crippen molar-refractivity contribution in [3.05, 3.63) is 50.1 Å². The molecule has 0 aliphatic heterocycles. The average Bonchev–Trinajstić information content (AvgIpc) is 2.98. The lowest BCUT2D eigenvalue weighted by Gasteiger charge is -2.15. The highest BCUT2D eigenvalue weighted by molar-refractivity contribution is 6.30. The Morgan fingerprint density at radius 1 is 1.38 bits per heavy atom. The Morgan fingerprint density at radius 2 is 2.08 bits per heavy atom. The van der Waals surface area contributed by atoms with Crippen LogP contribution in [0.15, 0.2) is 33.9 Å². The number of hydrazine groups is 1. The fourth-order valence-electron chi connectivity index (χ4n) is 2.51. The van der Waals surface area contributed by atoms with Gasteiger partial charge in [-0.05, 0) is 24.3 Å². The molecule has 2 heterocycles. The summed E-state index contributed by atoms with van der Waals surface area (Å²) in [5.41, 5.74) is 1.41. The molecule has 3 aromatic rings. The van der Waals surface area contributed by atoms with Gasteiger partial charge in [-0.15, -0.1) is 0 Å². The number of nitrogens with two attached hydrogens (primary N) is 1. The molecule has 26 heavy (non-hydrogen) atoms. The van der Waals surface area contributed by atoms with Crippen LogP contribution in [0, 0.1) is 0 Å². The van der Waals surface area contributed by atoms with Crippen molar-refractivity contribution in [2.45, 2.75) is 12.6 Å². The van der Waals surface area contributed by atoms with Gasteiger partial charge in [0.05, 0.1) is 6.54 Å². The van der Waals surface area contributed by atoms with Gasteiger partial charge in [-0.1, -0.05) is 11.6 Å². The summed E-state index contributed by atoms with van der Waals surface area (Å²) in [5.74, 6) is 6.13. The zero-order chi connectivity index (χ0) is 18.8. The van der Waals surface area contributed by atoms with Gasteiger partial charge in [0.2, 0.25) is 5.95 Å². The summed E-state index contributed by atoms with van der Waals surface area (Å²) in [7, 11) is 1.47. The molecular weight excluding hydrogens is 364 g/mol. The molecule has 0 saturated heterocycles. The molecule has 11 heteroatoms. The van der Waals surface area contributed by atoms with E-state index in [0.29, 0.717) is 10.8 Å². The number of rotatable bonds is 6. The van der Waals surface area contributed by atoms with Gasteiger partial charge in [-0.2, -0.15) is 4.98 Å². The molecule has 0 radical (unpaired) electrons. The highest BCUT2D eigenvalue weighted by Gasteiger charge is 2.19. The van der Waals surface area contributed by atoms with E-state index < -0.39 is 17.4 Å². The lowest BCUT2D eigenvalue weighted by atomic mass is 10.3. The Hall–Kier alpha value is -2.82. The minimum Gasteiger partial charge on any atom is -0.491 e. The maximum atomic E-state index is 12.2. The Balaban J connectivity index is 1.85. The molecule has 10 nitrogen and oxygen atoms in total. The van der Waals surface area contributed by atoms with Crippen molar-refractivity contribution in [2.24, 2.45) is 12.9 Å². The molecule has 2 aromatic heterocycles. The topological polar surface area (TPSA) is 140 Å². The molecule has 0 fully saturated rings. The number of nitrogens with zero attached hydrogens (tertiary/aromatic N) is 3. The summed E-state index contributed by atoms with van der Waals surface area (Å²) in [6.45, 7) is -0.0557. The van der Waals surface area contributed by atoms with Gasteiger partial charge in [0, 0.05) is 12.1 Å². The van der Waals surface area contributed by atoms with Gasteiger partial charge in [-0.3, -0.25) is 19.8 Å².